The Morgan fingerprint density at radius 2 is 1.95 bits per heavy atom. The van der Waals surface area contributed by atoms with E-state index in [4.69, 9.17) is 0 Å². The molecule has 2 nitrogen and oxygen atoms in total. The van der Waals surface area contributed by atoms with E-state index in [1.54, 1.807) is 12.3 Å². The highest BCUT2D eigenvalue weighted by molar-refractivity contribution is 5.40. The number of benzene rings is 1. The van der Waals surface area contributed by atoms with E-state index in [-0.39, 0.29) is 11.9 Å². The van der Waals surface area contributed by atoms with Gasteiger partial charge >= 0.3 is 0 Å². The molecule has 2 rings (SSSR count). The largest absolute Gasteiger partial charge is 0.305 e. The lowest BCUT2D eigenvalue weighted by Crippen LogP contribution is -2.26. The van der Waals surface area contributed by atoms with Crippen molar-refractivity contribution in [1.82, 2.24) is 10.3 Å². The first-order chi connectivity index (χ1) is 10.0. The van der Waals surface area contributed by atoms with E-state index >= 15 is 0 Å². The molecule has 21 heavy (non-hydrogen) atoms. The van der Waals surface area contributed by atoms with E-state index in [9.17, 15) is 4.39 Å². The van der Waals surface area contributed by atoms with E-state index in [2.05, 4.69) is 17.2 Å². The minimum Gasteiger partial charge on any atom is -0.305 e. The van der Waals surface area contributed by atoms with Crippen LogP contribution in [0.15, 0.2) is 30.5 Å². The van der Waals surface area contributed by atoms with Gasteiger partial charge in [0.2, 0.25) is 0 Å². The van der Waals surface area contributed by atoms with Gasteiger partial charge in [-0.2, -0.15) is 0 Å². The van der Waals surface area contributed by atoms with Crippen LogP contribution in [0.1, 0.15) is 47.3 Å². The SMILES string of the molecule is CCCNC(c1ncccc1C)c1c(C)cc(C)cc1F. The van der Waals surface area contributed by atoms with E-state index in [1.165, 1.54) is 0 Å². The van der Waals surface area contributed by atoms with E-state index in [0.29, 0.717) is 5.56 Å². The molecule has 1 aromatic heterocycles. The van der Waals surface area contributed by atoms with Crippen LogP contribution in [0.3, 0.4) is 0 Å². The first-order valence-electron chi connectivity index (χ1n) is 7.46. The van der Waals surface area contributed by atoms with Gasteiger partial charge in [-0.15, -0.1) is 0 Å². The Morgan fingerprint density at radius 1 is 1.19 bits per heavy atom. The molecule has 0 radical (unpaired) electrons. The van der Waals surface area contributed by atoms with Crippen molar-refractivity contribution in [3.05, 3.63) is 64.2 Å². The van der Waals surface area contributed by atoms with Crippen molar-refractivity contribution in [2.45, 2.75) is 40.2 Å². The lowest BCUT2D eigenvalue weighted by Gasteiger charge is -2.23. The van der Waals surface area contributed by atoms with Gasteiger partial charge in [-0.05, 0) is 62.6 Å². The molecule has 1 heterocycles. The maximum atomic E-state index is 14.5. The molecule has 112 valence electrons. The highest BCUT2D eigenvalue weighted by Crippen LogP contribution is 2.29. The Kier molecular flexibility index (Phi) is 5.07. The third-order valence-electron chi connectivity index (χ3n) is 3.69. The molecule has 2 aromatic rings. The fourth-order valence-corrected chi connectivity index (χ4v) is 2.72. The number of nitrogens with one attached hydrogen (secondary N) is 1. The second kappa shape index (κ2) is 6.81. The highest BCUT2D eigenvalue weighted by atomic mass is 19.1. The lowest BCUT2D eigenvalue weighted by molar-refractivity contribution is 0.534. The molecule has 0 bridgehead atoms. The van der Waals surface area contributed by atoms with E-state index < -0.39 is 0 Å². The summed E-state index contributed by atoms with van der Waals surface area (Å²) < 4.78 is 14.5. The van der Waals surface area contributed by atoms with Gasteiger partial charge < -0.3 is 5.32 Å². The summed E-state index contributed by atoms with van der Waals surface area (Å²) in [5.41, 5.74) is 4.59. The summed E-state index contributed by atoms with van der Waals surface area (Å²) in [4.78, 5) is 4.48. The molecule has 0 amide bonds. The average molecular weight is 286 g/mol. The molecular formula is C18H23FN2. The highest BCUT2D eigenvalue weighted by Gasteiger charge is 2.22. The molecule has 0 saturated heterocycles. The summed E-state index contributed by atoms with van der Waals surface area (Å²) in [7, 11) is 0. The Balaban J connectivity index is 2.54. The van der Waals surface area contributed by atoms with Gasteiger partial charge in [-0.3, -0.25) is 4.98 Å². The molecule has 0 aliphatic rings. The molecule has 1 aromatic carbocycles. The predicted molar refractivity (Wildman–Crippen MR) is 85.0 cm³/mol. The Bertz CT molecular complexity index is 599. The molecular weight excluding hydrogens is 263 g/mol. The van der Waals surface area contributed by atoms with Crippen LogP contribution in [-0.2, 0) is 0 Å². The number of hydrogen-bond acceptors (Lipinski definition) is 2. The summed E-state index contributed by atoms with van der Waals surface area (Å²) >= 11 is 0. The molecule has 1 atom stereocenters. The Hall–Kier alpha value is -1.74. The van der Waals surface area contributed by atoms with Gasteiger partial charge in [0, 0.05) is 11.8 Å². The summed E-state index contributed by atoms with van der Waals surface area (Å²) in [5.74, 6) is -0.161. The first kappa shape index (κ1) is 15.6. The van der Waals surface area contributed by atoms with Crippen molar-refractivity contribution in [1.29, 1.82) is 0 Å². The van der Waals surface area contributed by atoms with Gasteiger partial charge in [0.25, 0.3) is 0 Å². The van der Waals surface area contributed by atoms with E-state index in [1.807, 2.05) is 39.0 Å². The molecule has 0 fully saturated rings. The molecule has 1 N–H and O–H groups in total. The van der Waals surface area contributed by atoms with Crippen LogP contribution in [0.2, 0.25) is 0 Å². The summed E-state index contributed by atoms with van der Waals surface area (Å²) in [6, 6.07) is 7.35. The fraction of sp³-hybridized carbons (Fsp3) is 0.389. The minimum absolute atomic E-state index is 0.161. The van der Waals surface area contributed by atoms with Crippen molar-refractivity contribution >= 4 is 0 Å². The number of aryl methyl sites for hydroxylation is 3. The third kappa shape index (κ3) is 3.48. The number of pyridine rings is 1. The van der Waals surface area contributed by atoms with Crippen molar-refractivity contribution in [3.8, 4) is 0 Å². The van der Waals surface area contributed by atoms with E-state index in [0.717, 1.165) is 35.3 Å². The smallest absolute Gasteiger partial charge is 0.128 e. The molecule has 1 unspecified atom stereocenters. The van der Waals surface area contributed by atoms with Gasteiger partial charge in [0.15, 0.2) is 0 Å². The normalized spacial score (nSPS) is 12.4. The minimum atomic E-state index is -0.202. The molecule has 0 saturated carbocycles. The monoisotopic (exact) mass is 286 g/mol. The topological polar surface area (TPSA) is 24.9 Å². The fourth-order valence-electron chi connectivity index (χ4n) is 2.72. The second-order valence-electron chi connectivity index (χ2n) is 5.57. The maximum absolute atomic E-state index is 14.5. The van der Waals surface area contributed by atoms with Crippen molar-refractivity contribution in [2.75, 3.05) is 6.54 Å². The van der Waals surface area contributed by atoms with Crippen molar-refractivity contribution in [3.63, 3.8) is 0 Å². The van der Waals surface area contributed by atoms with Gasteiger partial charge in [0.1, 0.15) is 5.82 Å². The second-order valence-corrected chi connectivity index (χ2v) is 5.57. The Labute approximate surface area is 126 Å². The zero-order valence-corrected chi connectivity index (χ0v) is 13.2. The predicted octanol–water partition coefficient (Wildman–Crippen LogP) is 4.23. The zero-order valence-electron chi connectivity index (χ0n) is 13.2. The lowest BCUT2D eigenvalue weighted by atomic mass is 9.94. The number of rotatable bonds is 5. The standard InChI is InChI=1S/C18H23FN2/c1-5-8-20-18(17-13(3)7-6-9-21-17)16-14(4)10-12(2)11-15(16)19/h6-7,9-11,18,20H,5,8H2,1-4H3. The van der Waals surface area contributed by atoms with Gasteiger partial charge in [-0.25, -0.2) is 4.39 Å². The zero-order chi connectivity index (χ0) is 15.4. The molecule has 0 spiro atoms. The summed E-state index contributed by atoms with van der Waals surface area (Å²) in [6.45, 7) is 8.83. The molecule has 3 heteroatoms. The number of hydrogen-bond donors (Lipinski definition) is 1. The molecule has 0 aliphatic carbocycles. The molecule has 0 aliphatic heterocycles. The van der Waals surface area contributed by atoms with Gasteiger partial charge in [-0.1, -0.05) is 19.1 Å². The first-order valence-corrected chi connectivity index (χ1v) is 7.46. The van der Waals surface area contributed by atoms with Crippen LogP contribution in [0.4, 0.5) is 4.39 Å². The van der Waals surface area contributed by atoms with Crippen molar-refractivity contribution in [2.24, 2.45) is 0 Å². The summed E-state index contributed by atoms with van der Waals surface area (Å²) in [5, 5.41) is 3.44. The van der Waals surface area contributed by atoms with Crippen LogP contribution in [0, 0.1) is 26.6 Å². The van der Waals surface area contributed by atoms with Crippen LogP contribution < -0.4 is 5.32 Å². The number of nitrogens with zero attached hydrogens (tertiary/aromatic N) is 1. The van der Waals surface area contributed by atoms with Crippen LogP contribution in [0.5, 0.6) is 0 Å². The maximum Gasteiger partial charge on any atom is 0.128 e. The van der Waals surface area contributed by atoms with Crippen LogP contribution >= 0.6 is 0 Å². The Morgan fingerprint density at radius 3 is 2.57 bits per heavy atom. The number of halogens is 1. The van der Waals surface area contributed by atoms with Crippen molar-refractivity contribution < 1.29 is 4.39 Å². The quantitative estimate of drug-likeness (QED) is 0.889. The number of aromatic nitrogens is 1. The van der Waals surface area contributed by atoms with Gasteiger partial charge in [0.05, 0.1) is 11.7 Å². The van der Waals surface area contributed by atoms with Crippen LogP contribution in [0.25, 0.3) is 0 Å². The third-order valence-corrected chi connectivity index (χ3v) is 3.69. The average Bonchev–Trinajstić information content (AvgIpc) is 2.42. The van der Waals surface area contributed by atoms with Crippen LogP contribution in [-0.4, -0.2) is 11.5 Å². The summed E-state index contributed by atoms with van der Waals surface area (Å²) in [6.07, 6.45) is 2.76.